The van der Waals surface area contributed by atoms with E-state index in [9.17, 15) is 9.59 Å². The summed E-state index contributed by atoms with van der Waals surface area (Å²) >= 11 is 0. The third-order valence-corrected chi connectivity index (χ3v) is 3.29. The lowest BCUT2D eigenvalue weighted by Crippen LogP contribution is -2.41. The molecule has 1 amide bonds. The van der Waals surface area contributed by atoms with Gasteiger partial charge in [-0.15, -0.1) is 0 Å². The Bertz CT molecular complexity index is 303. The number of hydrogen-bond acceptors (Lipinski definition) is 3. The molecule has 1 aliphatic rings. The van der Waals surface area contributed by atoms with Gasteiger partial charge in [0.25, 0.3) is 0 Å². The first-order valence-corrected chi connectivity index (χ1v) is 6.72. The number of ether oxygens (including phenoxy) is 1. The van der Waals surface area contributed by atoms with Crippen LogP contribution in [0.5, 0.6) is 0 Å². The van der Waals surface area contributed by atoms with Crippen LogP contribution in [0.4, 0.5) is 4.79 Å². The third kappa shape index (κ3) is 4.31. The quantitative estimate of drug-likeness (QED) is 0.668. The fourth-order valence-electron chi connectivity index (χ4n) is 2.09. The van der Waals surface area contributed by atoms with Crippen LogP contribution in [0, 0.1) is 11.8 Å². The molecule has 0 N–H and O–H groups in total. The normalized spacial score (nSPS) is 26.5. The van der Waals surface area contributed by atoms with Crippen LogP contribution in [0.15, 0.2) is 0 Å². The highest BCUT2D eigenvalue weighted by Gasteiger charge is 2.28. The van der Waals surface area contributed by atoms with Crippen molar-refractivity contribution in [3.05, 3.63) is 0 Å². The van der Waals surface area contributed by atoms with Crippen molar-refractivity contribution in [3.63, 3.8) is 0 Å². The number of carbonyl (C=O) groups excluding carboxylic acids is 2. The van der Waals surface area contributed by atoms with E-state index in [0.717, 1.165) is 12.8 Å². The molecule has 0 bridgehead atoms. The second-order valence-corrected chi connectivity index (χ2v) is 6.25. The molecule has 1 fully saturated rings. The fourth-order valence-corrected chi connectivity index (χ4v) is 2.09. The van der Waals surface area contributed by atoms with Crippen molar-refractivity contribution in [2.75, 3.05) is 13.1 Å². The predicted octanol–water partition coefficient (Wildman–Crippen LogP) is 2.86. The van der Waals surface area contributed by atoms with E-state index in [-0.39, 0.29) is 17.9 Å². The molecule has 4 nitrogen and oxygen atoms in total. The lowest BCUT2D eigenvalue weighted by atomic mass is 9.89. The number of amides is 1. The molecule has 0 aromatic rings. The van der Waals surface area contributed by atoms with E-state index in [1.165, 1.54) is 0 Å². The minimum Gasteiger partial charge on any atom is -0.444 e. The summed E-state index contributed by atoms with van der Waals surface area (Å²) in [6.07, 6.45) is 1.18. The lowest BCUT2D eigenvalue weighted by molar-refractivity contribution is -0.127. The summed E-state index contributed by atoms with van der Waals surface area (Å²) in [5.74, 6) is 0.384. The summed E-state index contributed by atoms with van der Waals surface area (Å²) in [5, 5.41) is 0. The van der Waals surface area contributed by atoms with Crippen LogP contribution < -0.4 is 0 Å². The van der Waals surface area contributed by atoms with Crippen LogP contribution >= 0.6 is 0 Å². The molecular formula is C14H25NO3. The molecule has 1 aliphatic heterocycles. The van der Waals surface area contributed by atoms with Gasteiger partial charge in [0.1, 0.15) is 11.4 Å². The molecule has 1 rings (SSSR count). The second-order valence-electron chi connectivity index (χ2n) is 6.25. The van der Waals surface area contributed by atoms with Crippen molar-refractivity contribution in [1.29, 1.82) is 0 Å². The first kappa shape index (κ1) is 15.0. The van der Waals surface area contributed by atoms with Crippen LogP contribution in [-0.2, 0) is 9.53 Å². The smallest absolute Gasteiger partial charge is 0.410 e. The zero-order valence-electron chi connectivity index (χ0n) is 12.2. The Hall–Kier alpha value is -1.06. The third-order valence-electron chi connectivity index (χ3n) is 3.29. The minimum atomic E-state index is -0.466. The molecule has 0 saturated carbocycles. The summed E-state index contributed by atoms with van der Waals surface area (Å²) in [4.78, 5) is 25.6. The summed E-state index contributed by atoms with van der Waals surface area (Å²) < 4.78 is 5.37. The van der Waals surface area contributed by atoms with E-state index in [2.05, 4.69) is 0 Å². The summed E-state index contributed by atoms with van der Waals surface area (Å²) in [6, 6.07) is 0. The van der Waals surface area contributed by atoms with Crippen molar-refractivity contribution < 1.29 is 14.3 Å². The van der Waals surface area contributed by atoms with Gasteiger partial charge in [-0.3, -0.25) is 4.79 Å². The predicted molar refractivity (Wildman–Crippen MR) is 70.4 cm³/mol. The molecule has 0 aliphatic carbocycles. The van der Waals surface area contributed by atoms with Crippen molar-refractivity contribution in [1.82, 2.24) is 4.90 Å². The first-order chi connectivity index (χ1) is 8.20. The highest BCUT2D eigenvalue weighted by Crippen LogP contribution is 2.20. The first-order valence-electron chi connectivity index (χ1n) is 6.72. The van der Waals surface area contributed by atoms with E-state index < -0.39 is 5.60 Å². The zero-order valence-corrected chi connectivity index (χ0v) is 12.2. The lowest BCUT2D eigenvalue weighted by Gasteiger charge is -2.31. The van der Waals surface area contributed by atoms with Gasteiger partial charge in [0.15, 0.2) is 0 Å². The van der Waals surface area contributed by atoms with Gasteiger partial charge in [0, 0.05) is 24.9 Å². The van der Waals surface area contributed by atoms with E-state index >= 15 is 0 Å². The summed E-state index contributed by atoms with van der Waals surface area (Å²) in [7, 11) is 0. The maximum absolute atomic E-state index is 12.0. The zero-order chi connectivity index (χ0) is 13.9. The molecule has 0 aromatic heterocycles. The van der Waals surface area contributed by atoms with Crippen LogP contribution in [-0.4, -0.2) is 35.5 Å². The van der Waals surface area contributed by atoms with Crippen LogP contribution in [0.3, 0.4) is 0 Å². The second kappa shape index (κ2) is 5.72. The van der Waals surface area contributed by atoms with E-state index in [0.29, 0.717) is 18.9 Å². The van der Waals surface area contributed by atoms with Crippen molar-refractivity contribution >= 4 is 11.9 Å². The summed E-state index contributed by atoms with van der Waals surface area (Å²) in [6.45, 7) is 10.7. The highest BCUT2D eigenvalue weighted by atomic mass is 16.6. The molecule has 2 atom stereocenters. The Morgan fingerprint density at radius 1 is 1.17 bits per heavy atom. The van der Waals surface area contributed by atoms with Gasteiger partial charge < -0.3 is 9.64 Å². The van der Waals surface area contributed by atoms with E-state index in [4.69, 9.17) is 4.74 Å². The van der Waals surface area contributed by atoms with Gasteiger partial charge in [-0.05, 0) is 33.6 Å². The Morgan fingerprint density at radius 3 is 2.00 bits per heavy atom. The molecule has 104 valence electrons. The maximum atomic E-state index is 12.0. The van der Waals surface area contributed by atoms with Crippen molar-refractivity contribution in [2.45, 2.75) is 53.1 Å². The van der Waals surface area contributed by atoms with Gasteiger partial charge in [-0.25, -0.2) is 4.79 Å². The Balaban J connectivity index is 2.63. The van der Waals surface area contributed by atoms with Gasteiger partial charge in [0.05, 0.1) is 0 Å². The Morgan fingerprint density at radius 2 is 1.61 bits per heavy atom. The molecule has 18 heavy (non-hydrogen) atoms. The monoisotopic (exact) mass is 255 g/mol. The van der Waals surface area contributed by atoms with E-state index in [1.807, 2.05) is 34.6 Å². The molecule has 0 radical (unpaired) electrons. The largest absolute Gasteiger partial charge is 0.444 e. The van der Waals surface area contributed by atoms with Gasteiger partial charge in [-0.2, -0.15) is 0 Å². The molecule has 1 saturated heterocycles. The van der Waals surface area contributed by atoms with Crippen LogP contribution in [0.25, 0.3) is 0 Å². The van der Waals surface area contributed by atoms with E-state index in [1.54, 1.807) is 4.90 Å². The van der Waals surface area contributed by atoms with Crippen LogP contribution in [0.1, 0.15) is 47.5 Å². The fraction of sp³-hybridized carbons (Fsp3) is 0.857. The summed E-state index contributed by atoms with van der Waals surface area (Å²) in [5.41, 5.74) is -0.466. The molecular weight excluding hydrogens is 230 g/mol. The molecule has 0 spiro atoms. The molecule has 0 unspecified atom stereocenters. The highest BCUT2D eigenvalue weighted by molar-refractivity contribution is 5.83. The molecule has 4 heteroatoms. The average Bonchev–Trinajstić information content (AvgIpc) is 2.23. The topological polar surface area (TPSA) is 46.6 Å². The molecule has 1 heterocycles. The number of likely N-dealkylation sites (tertiary alicyclic amines) is 1. The van der Waals surface area contributed by atoms with Crippen molar-refractivity contribution in [3.8, 4) is 0 Å². The number of carbonyl (C=O) groups is 2. The van der Waals surface area contributed by atoms with Crippen LogP contribution in [0.2, 0.25) is 0 Å². The average molecular weight is 255 g/mol. The number of rotatable bonds is 0. The Kier molecular flexibility index (Phi) is 4.77. The Labute approximate surface area is 110 Å². The number of Topliss-reactive ketones (excluding diaryl/α,β-unsaturated/α-hetero) is 1. The number of ketones is 1. The SMILES string of the molecule is C[C@@H]1CCN(C(=O)OC(C)(C)C)CC[C@H](C)C1=O. The standard InChI is InChI=1S/C14H25NO3/c1-10-6-8-15(9-7-11(2)12(10)16)13(17)18-14(3,4)5/h10-11H,6-9H2,1-5H3/t10-,11+. The number of nitrogens with zero attached hydrogens (tertiary/aromatic N) is 1. The van der Waals surface area contributed by atoms with Gasteiger partial charge in [0.2, 0.25) is 0 Å². The minimum absolute atomic E-state index is 0.0326. The van der Waals surface area contributed by atoms with Gasteiger partial charge >= 0.3 is 6.09 Å². The van der Waals surface area contributed by atoms with Crippen molar-refractivity contribution in [2.24, 2.45) is 11.8 Å². The molecule has 0 aromatic carbocycles. The number of hydrogen-bond donors (Lipinski definition) is 0. The maximum Gasteiger partial charge on any atom is 0.410 e. The van der Waals surface area contributed by atoms with Gasteiger partial charge in [-0.1, -0.05) is 13.8 Å².